The van der Waals surface area contributed by atoms with E-state index in [9.17, 15) is 48.6 Å². The van der Waals surface area contributed by atoms with Gasteiger partial charge in [-0.3, -0.25) is 49.2 Å². The number of amides is 8. The normalized spacial score (nSPS) is 12.6. The van der Waals surface area contributed by atoms with Crippen LogP contribution in [0.15, 0.2) is 237 Å². The summed E-state index contributed by atoms with van der Waals surface area (Å²) in [5.41, 5.74) is 6.09. The number of carbonyl (C=O) groups is 8. The molecule has 8 amide bonds. The maximum absolute atomic E-state index is 12.7. The van der Waals surface area contributed by atoms with E-state index >= 15 is 0 Å². The topological polar surface area (TPSA) is 242 Å². The summed E-state index contributed by atoms with van der Waals surface area (Å²) in [6.45, 7) is 0. The van der Waals surface area contributed by atoms with Gasteiger partial charge in [0.05, 0.1) is 33.4 Å². The Kier molecular flexibility index (Phi) is 18.6. The predicted molar refractivity (Wildman–Crippen MR) is 328 cm³/mol. The number of hydrogen-bond donors (Lipinski definition) is 3. The first kappa shape index (κ1) is 61.6. The Hall–Kier alpha value is -9.50. The van der Waals surface area contributed by atoms with Crippen LogP contribution in [-0.4, -0.2) is 82.0 Å². The van der Waals surface area contributed by atoms with Crippen molar-refractivity contribution >= 4 is 133 Å². The van der Waals surface area contributed by atoms with E-state index in [1.54, 1.807) is 97.1 Å². The molecule has 0 aliphatic carbocycles. The van der Waals surface area contributed by atoms with Gasteiger partial charge in [0.15, 0.2) is 0 Å². The number of benzene rings is 11. The van der Waals surface area contributed by atoms with Crippen molar-refractivity contribution in [1.29, 1.82) is 0 Å². The molecule has 0 atom stereocenters. The van der Waals surface area contributed by atoms with E-state index in [1.165, 1.54) is 35.0 Å². The van der Waals surface area contributed by atoms with Gasteiger partial charge < -0.3 is 10.2 Å². The zero-order valence-electron chi connectivity index (χ0n) is 46.3. The van der Waals surface area contributed by atoms with Gasteiger partial charge in [-0.15, -0.1) is 0 Å². The van der Waals surface area contributed by atoms with Crippen LogP contribution in [0, 0.1) is 0 Å². The first-order valence-corrected chi connectivity index (χ1v) is 31.7. The summed E-state index contributed by atoms with van der Waals surface area (Å²) in [4.78, 5) is 99.3. The number of imide groups is 3. The molecule has 11 aromatic carbocycles. The Morgan fingerprint density at radius 2 is 0.625 bits per heavy atom. The molecule has 3 aliphatic heterocycles. The third-order valence-corrected chi connectivity index (χ3v) is 22.6. The monoisotopic (exact) mass is 1320 g/mol. The molecule has 0 unspecified atom stereocenters. The van der Waals surface area contributed by atoms with Crippen molar-refractivity contribution in [3.63, 3.8) is 0 Å². The van der Waals surface area contributed by atoms with Crippen LogP contribution in [0.25, 0.3) is 32.3 Å². The quantitative estimate of drug-likeness (QED) is 0.0776. The predicted octanol–water partition coefficient (Wildman–Crippen LogP) is 5.53. The van der Waals surface area contributed by atoms with Crippen LogP contribution in [0.2, 0.25) is 10.0 Å². The van der Waals surface area contributed by atoms with Crippen LogP contribution in [0.1, 0.15) is 82.9 Å². The first-order valence-electron chi connectivity index (χ1n) is 26.6. The molecular formula is C68H43Cl2N6NaO10Sn. The minimum absolute atomic E-state index is 0. The second-order valence-corrected chi connectivity index (χ2v) is 27.6. The van der Waals surface area contributed by atoms with Crippen molar-refractivity contribution in [2.24, 2.45) is 5.84 Å². The van der Waals surface area contributed by atoms with E-state index in [2.05, 4.69) is 102 Å². The van der Waals surface area contributed by atoms with Gasteiger partial charge in [0.1, 0.15) is 0 Å². The van der Waals surface area contributed by atoms with Crippen LogP contribution >= 0.6 is 23.2 Å². The van der Waals surface area contributed by atoms with Crippen molar-refractivity contribution in [3.05, 3.63) is 291 Å². The molecular weight excluding hydrogens is 1270 g/mol. The van der Waals surface area contributed by atoms with E-state index in [0.717, 1.165) is 28.3 Å². The van der Waals surface area contributed by atoms with Crippen LogP contribution < -0.4 is 67.2 Å². The zero-order chi connectivity index (χ0) is 61.0. The molecule has 0 radical (unpaired) electrons. The Bertz CT molecular complexity index is 4220. The van der Waals surface area contributed by atoms with Crippen molar-refractivity contribution < 1.29 is 78.1 Å². The van der Waals surface area contributed by atoms with Gasteiger partial charge in [0.2, 0.25) is 0 Å². The molecule has 0 saturated heterocycles. The Morgan fingerprint density at radius 1 is 0.364 bits per heavy atom. The number of halogens is 2. The molecule has 0 aromatic heterocycles. The Morgan fingerprint density at radius 3 is 0.898 bits per heavy atom. The van der Waals surface area contributed by atoms with E-state index in [0.29, 0.717) is 64.6 Å². The Labute approximate surface area is 541 Å². The second kappa shape index (κ2) is 26.6. The summed E-state index contributed by atoms with van der Waals surface area (Å²) >= 11 is 9.65. The molecule has 0 fully saturated rings. The molecule has 16 nitrogen and oxygen atoms in total. The Balaban J connectivity index is 0.000000131. The van der Waals surface area contributed by atoms with Crippen LogP contribution in [0.4, 0.5) is 0 Å². The molecule has 0 saturated carbocycles. The van der Waals surface area contributed by atoms with Crippen LogP contribution in [0.3, 0.4) is 0 Å². The van der Waals surface area contributed by atoms with Gasteiger partial charge in [-0.05, 0) is 76.8 Å². The van der Waals surface area contributed by atoms with E-state index < -0.39 is 78.5 Å². The number of nitrogens with one attached hydrogen (secondary N) is 2. The molecule has 424 valence electrons. The van der Waals surface area contributed by atoms with Gasteiger partial charge in [-0.2, -0.15) is 10.0 Å². The van der Waals surface area contributed by atoms with Gasteiger partial charge >= 0.3 is 151 Å². The molecule has 0 spiro atoms. The van der Waals surface area contributed by atoms with Gasteiger partial charge in [0, 0.05) is 37.3 Å². The van der Waals surface area contributed by atoms with Crippen molar-refractivity contribution in [1.82, 2.24) is 25.9 Å². The summed E-state index contributed by atoms with van der Waals surface area (Å²) in [7, 11) is 0. The standard InChI is InChI=1S/2C19H11ClN2O4.C12H8N2O2.3C6H5.Na.Sn/c2*20-11-7-8-15(23)14(9-11)17(24)21-22-18(25)12-5-1-3-10-4-2-6-13(16(10)12)19(22)26;13-14-11(15)8-5-1-3-7-4-2-6-9(10(7)8)12(14)16;3*1-2-4-6-5-3-1;;/h2*1-9,23H,(H,21,24);1-6H,13H2;3*1-5H;;/q;;;;;;2*+1/p-2. The van der Waals surface area contributed by atoms with E-state index in [4.69, 9.17) is 29.0 Å². The second-order valence-electron chi connectivity index (χ2n) is 19.6. The number of hydrazine groups is 3. The number of carbonyl (C=O) groups excluding carboxylic acids is 8. The SMILES string of the molecule is NN1C(=O)c2cccc3cccc(c23)C1=O.O=C(NN1C(=O)c2cccc3cccc(c23)C1=O)c1cc(Cl)ccc1[O-].O=C(NN1C(=O)c2cccc3cccc(c23)C1=O)c1cc(Cl)ccc1[O-].[Na+].c1cc[c]([Sn+]([c]2ccccc2)[c]2ccccc2)cc1. The fourth-order valence-corrected chi connectivity index (χ4v) is 18.0. The van der Waals surface area contributed by atoms with Crippen LogP contribution in [0.5, 0.6) is 11.5 Å². The summed E-state index contributed by atoms with van der Waals surface area (Å²) in [5, 5.41) is 30.2. The molecule has 88 heavy (non-hydrogen) atoms. The number of rotatable bonds is 7. The van der Waals surface area contributed by atoms with Crippen molar-refractivity contribution in [2.75, 3.05) is 0 Å². The van der Waals surface area contributed by atoms with Gasteiger partial charge in [0.25, 0.3) is 47.3 Å². The molecule has 3 heterocycles. The fourth-order valence-electron chi connectivity index (χ4n) is 10.3. The van der Waals surface area contributed by atoms with Gasteiger partial charge in [-0.1, -0.05) is 120 Å². The number of nitrogens with two attached hydrogens (primary N) is 1. The summed E-state index contributed by atoms with van der Waals surface area (Å²) in [6.07, 6.45) is 0. The van der Waals surface area contributed by atoms with E-state index in [1.807, 2.05) is 12.1 Å². The molecule has 11 aromatic rings. The fraction of sp³-hybridized carbons (Fsp3) is 0. The van der Waals surface area contributed by atoms with E-state index in [-0.39, 0.29) is 50.7 Å². The summed E-state index contributed by atoms with van der Waals surface area (Å²) in [5.74, 6) is -1.01. The number of nitrogens with zero attached hydrogens (tertiary/aromatic N) is 3. The maximum atomic E-state index is 12.7. The average molecular weight is 1320 g/mol. The van der Waals surface area contributed by atoms with Crippen LogP contribution in [-0.2, 0) is 0 Å². The van der Waals surface area contributed by atoms with Crippen molar-refractivity contribution in [3.8, 4) is 11.5 Å². The molecule has 14 rings (SSSR count). The molecule has 20 heteroatoms. The first-order chi connectivity index (χ1) is 42.1. The summed E-state index contributed by atoms with van der Waals surface area (Å²) < 4.78 is 4.59. The molecule has 4 N–H and O–H groups in total. The number of hydrogen-bond acceptors (Lipinski definition) is 11. The summed E-state index contributed by atoms with van der Waals surface area (Å²) in [6, 6.07) is 71.3. The van der Waals surface area contributed by atoms with Gasteiger partial charge in [-0.25, -0.2) is 10.9 Å². The zero-order valence-corrected chi connectivity index (χ0v) is 52.6. The molecule has 3 aliphatic rings. The van der Waals surface area contributed by atoms with Crippen molar-refractivity contribution in [2.45, 2.75) is 0 Å². The third kappa shape index (κ3) is 12.3. The third-order valence-electron chi connectivity index (χ3n) is 14.3. The molecule has 0 bridgehead atoms. The minimum atomic E-state index is -1.98. The average Bonchev–Trinajstić information content (AvgIpc) is 1.08.